The molecule has 0 bridgehead atoms. The Morgan fingerprint density at radius 1 is 0.812 bits per heavy atom. The van der Waals surface area contributed by atoms with Crippen molar-refractivity contribution < 1.29 is 8.85 Å². The van der Waals surface area contributed by atoms with Gasteiger partial charge < -0.3 is 8.85 Å². The van der Waals surface area contributed by atoms with Crippen LogP contribution in [0.4, 0.5) is 0 Å². The van der Waals surface area contributed by atoms with E-state index in [2.05, 4.69) is 46.2 Å². The van der Waals surface area contributed by atoms with Crippen molar-refractivity contribution in [3.63, 3.8) is 0 Å². The molecule has 0 N–H and O–H groups in total. The third kappa shape index (κ3) is 23.9. The lowest BCUT2D eigenvalue weighted by molar-refractivity contribution is 0.144. The third-order valence-corrected chi connectivity index (χ3v) is 6.36. The first-order chi connectivity index (χ1) is 7.12. The van der Waals surface area contributed by atoms with Gasteiger partial charge in [-0.05, 0) is 52.6 Å². The Morgan fingerprint density at radius 3 is 1.44 bits per heavy atom. The monoisotopic (exact) mass is 264 g/mol. The van der Waals surface area contributed by atoms with E-state index in [0.717, 1.165) is 13.2 Å². The summed E-state index contributed by atoms with van der Waals surface area (Å²) in [6.07, 6.45) is 2.44. The second kappa shape index (κ2) is 9.39. The van der Waals surface area contributed by atoms with Crippen LogP contribution in [0.5, 0.6) is 0 Å². The lowest BCUT2D eigenvalue weighted by Gasteiger charge is -2.27. The summed E-state index contributed by atoms with van der Waals surface area (Å²) in [7, 11) is -2.46. The van der Waals surface area contributed by atoms with Gasteiger partial charge in [0, 0.05) is 13.2 Å². The molecule has 4 heteroatoms. The molecule has 0 aromatic rings. The van der Waals surface area contributed by atoms with Crippen molar-refractivity contribution in [1.29, 1.82) is 0 Å². The lowest BCUT2D eigenvalue weighted by atomic mass is 10.4. The molecular formula is C12H32O2Si2. The summed E-state index contributed by atoms with van der Waals surface area (Å²) in [6.45, 7) is 19.4. The van der Waals surface area contributed by atoms with Crippen LogP contribution in [0.1, 0.15) is 26.7 Å². The average molecular weight is 265 g/mol. The Kier molecular flexibility index (Phi) is 11.0. The molecule has 0 fully saturated rings. The highest BCUT2D eigenvalue weighted by Gasteiger charge is 2.24. The van der Waals surface area contributed by atoms with Crippen LogP contribution < -0.4 is 0 Å². The summed E-state index contributed by atoms with van der Waals surface area (Å²) < 4.78 is 11.0. The van der Waals surface area contributed by atoms with Crippen molar-refractivity contribution in [2.75, 3.05) is 13.2 Å². The summed E-state index contributed by atoms with van der Waals surface area (Å²) in [5.41, 5.74) is 0. The first-order valence-corrected chi connectivity index (χ1v) is 13.2. The topological polar surface area (TPSA) is 18.5 Å². The molecule has 16 heavy (non-hydrogen) atoms. The minimum absolute atomic E-state index is 0.861. The SMILES string of the molecule is CCCCOCC.C[Si](C)(C)O[Si](C)(C)C. The van der Waals surface area contributed by atoms with E-state index in [1.165, 1.54) is 12.8 Å². The number of unbranched alkanes of at least 4 members (excludes halogenated alkanes) is 1. The van der Waals surface area contributed by atoms with Crippen molar-refractivity contribution >= 4 is 16.6 Å². The molecule has 100 valence electrons. The van der Waals surface area contributed by atoms with E-state index in [-0.39, 0.29) is 0 Å². The molecule has 0 aromatic carbocycles. The smallest absolute Gasteiger partial charge is 0.170 e. The fourth-order valence-corrected chi connectivity index (χ4v) is 8.66. The van der Waals surface area contributed by atoms with E-state index in [1.54, 1.807) is 0 Å². The molecule has 0 amide bonds. The zero-order valence-corrected chi connectivity index (χ0v) is 14.6. The van der Waals surface area contributed by atoms with Crippen LogP contribution >= 0.6 is 0 Å². The van der Waals surface area contributed by atoms with E-state index < -0.39 is 16.6 Å². The molecule has 0 rings (SSSR count). The predicted octanol–water partition coefficient (Wildman–Crippen LogP) is 4.50. The van der Waals surface area contributed by atoms with Gasteiger partial charge in [0.05, 0.1) is 0 Å². The minimum atomic E-state index is -1.23. The van der Waals surface area contributed by atoms with Gasteiger partial charge >= 0.3 is 0 Å². The van der Waals surface area contributed by atoms with Gasteiger partial charge in [0.2, 0.25) is 0 Å². The van der Waals surface area contributed by atoms with Crippen molar-refractivity contribution in [2.24, 2.45) is 0 Å². The summed E-state index contributed by atoms with van der Waals surface area (Å²) >= 11 is 0. The molecule has 0 heterocycles. The summed E-state index contributed by atoms with van der Waals surface area (Å²) in [6, 6.07) is 0. The minimum Gasteiger partial charge on any atom is -0.456 e. The normalized spacial score (nSPS) is 12.0. The number of hydrogen-bond acceptors (Lipinski definition) is 2. The first kappa shape index (κ1) is 18.7. The van der Waals surface area contributed by atoms with E-state index in [1.807, 2.05) is 6.92 Å². The van der Waals surface area contributed by atoms with E-state index in [4.69, 9.17) is 8.85 Å². The summed E-state index contributed by atoms with van der Waals surface area (Å²) in [5, 5.41) is 0. The van der Waals surface area contributed by atoms with Gasteiger partial charge in [-0.25, -0.2) is 0 Å². The largest absolute Gasteiger partial charge is 0.456 e. The Hall–Kier alpha value is 0.354. The van der Waals surface area contributed by atoms with Crippen LogP contribution in [0.3, 0.4) is 0 Å². The van der Waals surface area contributed by atoms with Gasteiger partial charge in [-0.1, -0.05) is 13.3 Å². The fraction of sp³-hybridized carbons (Fsp3) is 1.00. The Balaban J connectivity index is 0. The zero-order valence-electron chi connectivity index (χ0n) is 12.6. The Labute approximate surface area is 105 Å². The Bertz CT molecular complexity index is 132. The number of rotatable bonds is 6. The van der Waals surface area contributed by atoms with Crippen LogP contribution in [-0.4, -0.2) is 29.8 Å². The van der Waals surface area contributed by atoms with E-state index in [0.29, 0.717) is 0 Å². The standard InChI is InChI=1S/C6H18OSi2.C6H14O/c1-8(2,3)7-9(4,5)6;1-3-5-6-7-4-2/h1-6H3;3-6H2,1-2H3. The molecule has 0 saturated heterocycles. The molecule has 2 nitrogen and oxygen atoms in total. The van der Waals surface area contributed by atoms with Gasteiger partial charge in [-0.15, -0.1) is 0 Å². The molecule has 0 aromatic heterocycles. The van der Waals surface area contributed by atoms with Crippen molar-refractivity contribution in [3.05, 3.63) is 0 Å². The van der Waals surface area contributed by atoms with Crippen LogP contribution in [-0.2, 0) is 8.85 Å². The molecule has 0 radical (unpaired) electrons. The van der Waals surface area contributed by atoms with Crippen molar-refractivity contribution in [3.8, 4) is 0 Å². The van der Waals surface area contributed by atoms with Gasteiger partial charge in [0.25, 0.3) is 0 Å². The average Bonchev–Trinajstić information content (AvgIpc) is 1.99. The van der Waals surface area contributed by atoms with Gasteiger partial charge in [-0.2, -0.15) is 0 Å². The fourth-order valence-electron chi connectivity index (χ4n) is 1.31. The Morgan fingerprint density at radius 2 is 1.25 bits per heavy atom. The molecule has 0 saturated carbocycles. The van der Waals surface area contributed by atoms with Gasteiger partial charge in [0.15, 0.2) is 16.6 Å². The van der Waals surface area contributed by atoms with Gasteiger partial charge in [0.1, 0.15) is 0 Å². The maximum absolute atomic E-state index is 5.90. The highest BCUT2D eigenvalue weighted by molar-refractivity contribution is 6.83. The molecular weight excluding hydrogens is 232 g/mol. The van der Waals surface area contributed by atoms with E-state index >= 15 is 0 Å². The molecule has 0 aliphatic rings. The molecule has 0 aliphatic heterocycles. The molecule has 0 atom stereocenters. The maximum Gasteiger partial charge on any atom is 0.170 e. The number of ether oxygens (including phenoxy) is 1. The molecule has 0 spiro atoms. The maximum atomic E-state index is 5.90. The zero-order chi connectivity index (χ0) is 13.2. The van der Waals surface area contributed by atoms with Crippen LogP contribution in [0.2, 0.25) is 39.3 Å². The molecule has 0 unspecified atom stereocenters. The first-order valence-electron chi connectivity index (χ1n) is 6.40. The van der Waals surface area contributed by atoms with Crippen LogP contribution in [0, 0.1) is 0 Å². The highest BCUT2D eigenvalue weighted by Crippen LogP contribution is 2.12. The summed E-state index contributed by atoms with van der Waals surface area (Å²) in [5.74, 6) is 0. The van der Waals surface area contributed by atoms with Gasteiger partial charge in [-0.3, -0.25) is 0 Å². The van der Waals surface area contributed by atoms with Crippen LogP contribution in [0.15, 0.2) is 0 Å². The molecule has 0 aliphatic carbocycles. The quantitative estimate of drug-likeness (QED) is 0.519. The predicted molar refractivity (Wildman–Crippen MR) is 79.2 cm³/mol. The third-order valence-electron chi connectivity index (χ3n) is 1.46. The van der Waals surface area contributed by atoms with Crippen molar-refractivity contribution in [2.45, 2.75) is 66.0 Å². The summed E-state index contributed by atoms with van der Waals surface area (Å²) in [4.78, 5) is 0. The van der Waals surface area contributed by atoms with Crippen molar-refractivity contribution in [1.82, 2.24) is 0 Å². The second-order valence-electron chi connectivity index (χ2n) is 5.88. The van der Waals surface area contributed by atoms with E-state index in [9.17, 15) is 0 Å². The van der Waals surface area contributed by atoms with Crippen LogP contribution in [0.25, 0.3) is 0 Å². The number of hydrogen-bond donors (Lipinski definition) is 0. The second-order valence-corrected chi connectivity index (χ2v) is 15.1. The highest BCUT2D eigenvalue weighted by atomic mass is 28.4. The lowest BCUT2D eigenvalue weighted by Crippen LogP contribution is -2.39.